The predicted octanol–water partition coefficient (Wildman–Crippen LogP) is 6.43. The third-order valence-electron chi connectivity index (χ3n) is 3.88. The first-order valence-corrected chi connectivity index (χ1v) is 9.43. The molecule has 0 aliphatic rings. The van der Waals surface area contributed by atoms with E-state index < -0.39 is 0 Å². The van der Waals surface area contributed by atoms with Crippen LogP contribution in [0.5, 0.6) is 5.75 Å². The fourth-order valence-electron chi connectivity index (χ4n) is 2.52. The van der Waals surface area contributed by atoms with Gasteiger partial charge in [0.2, 0.25) is 0 Å². The molecule has 0 unspecified atom stereocenters. The summed E-state index contributed by atoms with van der Waals surface area (Å²) in [7, 11) is 0. The highest BCUT2D eigenvalue weighted by molar-refractivity contribution is 7.19. The Morgan fingerprint density at radius 1 is 0.958 bits per heavy atom. The SMILES string of the molecule is CCCCCCOc1ccc(/C=C/c2nc3ccccc3s2)cc1. The molecule has 3 aromatic rings. The second kappa shape index (κ2) is 8.65. The summed E-state index contributed by atoms with van der Waals surface area (Å²) in [6.45, 7) is 3.03. The van der Waals surface area contributed by atoms with E-state index in [4.69, 9.17) is 4.74 Å². The summed E-state index contributed by atoms with van der Waals surface area (Å²) in [5, 5.41) is 1.03. The quantitative estimate of drug-likeness (QED) is 0.442. The normalized spacial score (nSPS) is 11.4. The Morgan fingerprint density at radius 3 is 2.58 bits per heavy atom. The molecular formula is C21H23NOS. The molecule has 2 nitrogen and oxygen atoms in total. The van der Waals surface area contributed by atoms with Gasteiger partial charge in [-0.15, -0.1) is 11.3 Å². The Hall–Kier alpha value is -2.13. The predicted molar refractivity (Wildman–Crippen MR) is 105 cm³/mol. The van der Waals surface area contributed by atoms with E-state index in [-0.39, 0.29) is 0 Å². The lowest BCUT2D eigenvalue weighted by Gasteiger charge is -2.05. The van der Waals surface area contributed by atoms with Crippen LogP contribution >= 0.6 is 11.3 Å². The topological polar surface area (TPSA) is 22.1 Å². The fraction of sp³-hybridized carbons (Fsp3) is 0.286. The van der Waals surface area contributed by atoms with Crippen LogP contribution in [0.15, 0.2) is 48.5 Å². The number of hydrogen-bond acceptors (Lipinski definition) is 3. The molecule has 0 atom stereocenters. The zero-order chi connectivity index (χ0) is 16.6. The highest BCUT2D eigenvalue weighted by atomic mass is 32.1. The molecule has 0 N–H and O–H groups in total. The highest BCUT2D eigenvalue weighted by Crippen LogP contribution is 2.23. The molecule has 3 rings (SSSR count). The third-order valence-corrected chi connectivity index (χ3v) is 4.88. The number of unbranched alkanes of at least 4 members (excludes halogenated alkanes) is 3. The smallest absolute Gasteiger partial charge is 0.119 e. The lowest BCUT2D eigenvalue weighted by Crippen LogP contribution is -1.96. The van der Waals surface area contributed by atoms with Crippen molar-refractivity contribution in [2.75, 3.05) is 6.61 Å². The van der Waals surface area contributed by atoms with Gasteiger partial charge in [-0.2, -0.15) is 0 Å². The van der Waals surface area contributed by atoms with Crippen molar-refractivity contribution < 1.29 is 4.74 Å². The van der Waals surface area contributed by atoms with Gasteiger partial charge in [-0.05, 0) is 42.3 Å². The summed E-state index contributed by atoms with van der Waals surface area (Å²) in [5.74, 6) is 0.948. The van der Waals surface area contributed by atoms with E-state index in [2.05, 4.69) is 54.4 Å². The minimum atomic E-state index is 0.806. The lowest BCUT2D eigenvalue weighted by atomic mass is 10.2. The van der Waals surface area contributed by atoms with Crippen LogP contribution < -0.4 is 4.74 Å². The summed E-state index contributed by atoms with van der Waals surface area (Å²) in [6, 6.07) is 16.5. The second-order valence-electron chi connectivity index (χ2n) is 5.83. The van der Waals surface area contributed by atoms with E-state index >= 15 is 0 Å². The average molecular weight is 337 g/mol. The second-order valence-corrected chi connectivity index (χ2v) is 6.89. The molecule has 0 amide bonds. The van der Waals surface area contributed by atoms with Crippen molar-refractivity contribution in [3.63, 3.8) is 0 Å². The van der Waals surface area contributed by atoms with Crippen molar-refractivity contribution in [2.45, 2.75) is 32.6 Å². The Labute approximate surface area is 147 Å². The van der Waals surface area contributed by atoms with Gasteiger partial charge < -0.3 is 4.74 Å². The van der Waals surface area contributed by atoms with Crippen molar-refractivity contribution in [1.29, 1.82) is 0 Å². The summed E-state index contributed by atoms with van der Waals surface area (Å²) in [4.78, 5) is 4.62. The van der Waals surface area contributed by atoms with E-state index in [9.17, 15) is 0 Å². The molecule has 1 aromatic heterocycles. The third kappa shape index (κ3) is 4.68. The van der Waals surface area contributed by atoms with Gasteiger partial charge in [-0.25, -0.2) is 4.98 Å². The fourth-order valence-corrected chi connectivity index (χ4v) is 3.39. The maximum absolute atomic E-state index is 5.78. The summed E-state index contributed by atoms with van der Waals surface area (Å²) < 4.78 is 7.00. The van der Waals surface area contributed by atoms with Crippen LogP contribution in [0.4, 0.5) is 0 Å². The van der Waals surface area contributed by atoms with Gasteiger partial charge in [0.15, 0.2) is 0 Å². The van der Waals surface area contributed by atoms with Gasteiger partial charge in [0.1, 0.15) is 10.8 Å². The molecule has 0 aliphatic heterocycles. The number of hydrogen-bond donors (Lipinski definition) is 0. The average Bonchev–Trinajstić information content (AvgIpc) is 3.04. The molecule has 2 aromatic carbocycles. The van der Waals surface area contributed by atoms with Crippen LogP contribution in [-0.4, -0.2) is 11.6 Å². The highest BCUT2D eigenvalue weighted by Gasteiger charge is 1.99. The van der Waals surface area contributed by atoms with Crippen molar-refractivity contribution in [2.24, 2.45) is 0 Å². The lowest BCUT2D eigenvalue weighted by molar-refractivity contribution is 0.305. The first kappa shape index (κ1) is 16.7. The molecule has 24 heavy (non-hydrogen) atoms. The van der Waals surface area contributed by atoms with E-state index in [0.717, 1.165) is 34.9 Å². The summed E-state index contributed by atoms with van der Waals surface area (Å²) >= 11 is 1.71. The Morgan fingerprint density at radius 2 is 1.79 bits per heavy atom. The van der Waals surface area contributed by atoms with Crippen LogP contribution in [0.2, 0.25) is 0 Å². The zero-order valence-corrected chi connectivity index (χ0v) is 14.9. The number of fused-ring (bicyclic) bond motifs is 1. The number of ether oxygens (including phenoxy) is 1. The number of thiazole rings is 1. The van der Waals surface area contributed by atoms with Gasteiger partial charge in [0.25, 0.3) is 0 Å². The molecule has 0 fully saturated rings. The van der Waals surface area contributed by atoms with Crippen molar-refractivity contribution >= 4 is 33.7 Å². The van der Waals surface area contributed by atoms with Crippen LogP contribution in [0.1, 0.15) is 43.2 Å². The molecule has 0 saturated heterocycles. The Bertz CT molecular complexity index is 756. The molecule has 0 radical (unpaired) electrons. The van der Waals surface area contributed by atoms with Crippen molar-refractivity contribution in [1.82, 2.24) is 4.98 Å². The van der Waals surface area contributed by atoms with E-state index in [0.29, 0.717) is 0 Å². The number of nitrogens with zero attached hydrogens (tertiary/aromatic N) is 1. The van der Waals surface area contributed by atoms with Gasteiger partial charge in [0, 0.05) is 0 Å². The first-order valence-electron chi connectivity index (χ1n) is 8.61. The van der Waals surface area contributed by atoms with Crippen LogP contribution in [0, 0.1) is 0 Å². The molecular weight excluding hydrogens is 314 g/mol. The standard InChI is InChI=1S/C21H23NOS/c1-2-3-4-7-16-23-18-13-10-17(11-14-18)12-15-21-22-19-8-5-6-9-20(19)24-21/h5-6,8-15H,2-4,7,16H2,1H3/b15-12+. The van der Waals surface area contributed by atoms with Crippen molar-refractivity contribution in [3.05, 3.63) is 59.1 Å². The largest absolute Gasteiger partial charge is 0.494 e. The number of para-hydroxylation sites is 1. The summed E-state index contributed by atoms with van der Waals surface area (Å²) in [5.41, 5.74) is 2.22. The molecule has 3 heteroatoms. The van der Waals surface area contributed by atoms with Gasteiger partial charge >= 0.3 is 0 Å². The van der Waals surface area contributed by atoms with Gasteiger partial charge in [0.05, 0.1) is 16.8 Å². The zero-order valence-electron chi connectivity index (χ0n) is 14.1. The number of benzene rings is 2. The maximum atomic E-state index is 5.78. The number of rotatable bonds is 8. The monoisotopic (exact) mass is 337 g/mol. The molecule has 124 valence electrons. The maximum Gasteiger partial charge on any atom is 0.119 e. The minimum Gasteiger partial charge on any atom is -0.494 e. The summed E-state index contributed by atoms with van der Waals surface area (Å²) in [6.07, 6.45) is 9.11. The van der Waals surface area contributed by atoms with Crippen molar-refractivity contribution in [3.8, 4) is 5.75 Å². The molecule has 0 aliphatic carbocycles. The van der Waals surface area contributed by atoms with Gasteiger partial charge in [-0.3, -0.25) is 0 Å². The molecule has 1 heterocycles. The minimum absolute atomic E-state index is 0.806. The van der Waals surface area contributed by atoms with E-state index in [1.54, 1.807) is 11.3 Å². The van der Waals surface area contributed by atoms with E-state index in [1.807, 2.05) is 18.2 Å². The first-order chi connectivity index (χ1) is 11.8. The number of aromatic nitrogens is 1. The molecule has 0 spiro atoms. The van der Waals surface area contributed by atoms with E-state index in [1.165, 1.54) is 24.0 Å². The van der Waals surface area contributed by atoms with Gasteiger partial charge in [-0.1, -0.05) is 56.5 Å². The Balaban J connectivity index is 1.55. The van der Waals surface area contributed by atoms with Crippen LogP contribution in [-0.2, 0) is 0 Å². The Kier molecular flexibility index (Phi) is 6.02. The van der Waals surface area contributed by atoms with Crippen LogP contribution in [0.3, 0.4) is 0 Å². The molecule has 0 bridgehead atoms. The van der Waals surface area contributed by atoms with Crippen LogP contribution in [0.25, 0.3) is 22.4 Å². The molecule has 0 saturated carbocycles.